The van der Waals surface area contributed by atoms with Crippen molar-refractivity contribution in [3.63, 3.8) is 0 Å². The standard InChI is InChI=1S/C22H24N2O/c1-4-24(5-2)22(25)19-14-8-9-15-21(19)23(3)20-16-10-12-17-11-6-7-13-18(17)20/h6-16H,4-5H2,1-3H3. The first kappa shape index (κ1) is 17.0. The van der Waals surface area contributed by atoms with Crippen LogP contribution < -0.4 is 4.90 Å². The molecule has 128 valence electrons. The molecule has 0 aliphatic carbocycles. The van der Waals surface area contributed by atoms with Crippen molar-refractivity contribution in [1.29, 1.82) is 0 Å². The van der Waals surface area contributed by atoms with Gasteiger partial charge in [-0.1, -0.05) is 48.5 Å². The van der Waals surface area contributed by atoms with Crippen molar-refractivity contribution in [2.45, 2.75) is 13.8 Å². The lowest BCUT2D eigenvalue weighted by Gasteiger charge is -2.26. The zero-order chi connectivity index (χ0) is 17.8. The fraction of sp³-hybridized carbons (Fsp3) is 0.227. The molecule has 0 aliphatic heterocycles. The van der Waals surface area contributed by atoms with Gasteiger partial charge in [0.15, 0.2) is 0 Å². The molecule has 0 spiro atoms. The summed E-state index contributed by atoms with van der Waals surface area (Å²) in [6.45, 7) is 5.44. The van der Waals surface area contributed by atoms with Gasteiger partial charge in [0.05, 0.1) is 11.3 Å². The number of para-hydroxylation sites is 1. The second-order valence-electron chi connectivity index (χ2n) is 6.05. The van der Waals surface area contributed by atoms with E-state index in [0.717, 1.165) is 16.9 Å². The largest absolute Gasteiger partial charge is 0.343 e. The van der Waals surface area contributed by atoms with Gasteiger partial charge in [-0.25, -0.2) is 0 Å². The molecule has 0 saturated heterocycles. The predicted octanol–water partition coefficient (Wildman–Crippen LogP) is 5.09. The Labute approximate surface area is 149 Å². The first-order chi connectivity index (χ1) is 12.2. The molecule has 3 rings (SSSR count). The van der Waals surface area contributed by atoms with Gasteiger partial charge >= 0.3 is 0 Å². The molecule has 3 heteroatoms. The summed E-state index contributed by atoms with van der Waals surface area (Å²) in [5, 5.41) is 2.37. The maximum atomic E-state index is 12.9. The summed E-state index contributed by atoms with van der Waals surface area (Å²) in [6, 6.07) is 22.4. The van der Waals surface area contributed by atoms with Crippen LogP contribution in [0.3, 0.4) is 0 Å². The third-order valence-corrected chi connectivity index (χ3v) is 4.67. The average Bonchev–Trinajstić information content (AvgIpc) is 2.68. The molecule has 0 saturated carbocycles. The number of hydrogen-bond donors (Lipinski definition) is 0. The third kappa shape index (κ3) is 3.22. The van der Waals surface area contributed by atoms with Crippen molar-refractivity contribution < 1.29 is 4.79 Å². The van der Waals surface area contributed by atoms with Crippen LogP contribution in [0.4, 0.5) is 11.4 Å². The van der Waals surface area contributed by atoms with Crippen LogP contribution in [0.5, 0.6) is 0 Å². The maximum Gasteiger partial charge on any atom is 0.255 e. The lowest BCUT2D eigenvalue weighted by molar-refractivity contribution is 0.0773. The van der Waals surface area contributed by atoms with Gasteiger partial charge in [-0.05, 0) is 37.4 Å². The molecule has 0 bridgehead atoms. The molecule has 0 N–H and O–H groups in total. The zero-order valence-electron chi connectivity index (χ0n) is 15.1. The normalized spacial score (nSPS) is 10.7. The molecule has 1 amide bonds. The number of anilines is 2. The van der Waals surface area contributed by atoms with Crippen LogP contribution in [0.25, 0.3) is 10.8 Å². The lowest BCUT2D eigenvalue weighted by Crippen LogP contribution is -2.31. The average molecular weight is 332 g/mol. The summed E-state index contributed by atoms with van der Waals surface area (Å²) in [5.41, 5.74) is 2.76. The lowest BCUT2D eigenvalue weighted by atomic mass is 10.1. The Morgan fingerprint density at radius 1 is 0.800 bits per heavy atom. The van der Waals surface area contributed by atoms with Crippen LogP contribution in [0, 0.1) is 0 Å². The van der Waals surface area contributed by atoms with Crippen molar-refractivity contribution in [1.82, 2.24) is 4.90 Å². The topological polar surface area (TPSA) is 23.6 Å². The van der Waals surface area contributed by atoms with E-state index in [0.29, 0.717) is 13.1 Å². The fourth-order valence-corrected chi connectivity index (χ4v) is 3.26. The molecule has 3 aromatic carbocycles. The predicted molar refractivity (Wildman–Crippen MR) is 106 cm³/mol. The van der Waals surface area contributed by atoms with Crippen LogP contribution in [-0.2, 0) is 0 Å². The number of carbonyl (C=O) groups is 1. The highest BCUT2D eigenvalue weighted by Crippen LogP contribution is 2.33. The molecule has 0 fully saturated rings. The van der Waals surface area contributed by atoms with Crippen molar-refractivity contribution in [3.05, 3.63) is 72.3 Å². The molecule has 0 heterocycles. The summed E-state index contributed by atoms with van der Waals surface area (Å²) in [6.07, 6.45) is 0. The van der Waals surface area contributed by atoms with E-state index in [1.807, 2.05) is 62.2 Å². The Bertz CT molecular complexity index is 879. The van der Waals surface area contributed by atoms with E-state index in [-0.39, 0.29) is 5.91 Å². The Morgan fingerprint density at radius 2 is 1.40 bits per heavy atom. The Kier molecular flexibility index (Phi) is 5.03. The van der Waals surface area contributed by atoms with Crippen molar-refractivity contribution >= 4 is 28.1 Å². The van der Waals surface area contributed by atoms with Gasteiger partial charge in [-0.3, -0.25) is 4.79 Å². The first-order valence-electron chi connectivity index (χ1n) is 8.77. The van der Waals surface area contributed by atoms with Crippen molar-refractivity contribution in [3.8, 4) is 0 Å². The van der Waals surface area contributed by atoms with Crippen LogP contribution in [-0.4, -0.2) is 30.9 Å². The SMILES string of the molecule is CCN(CC)C(=O)c1ccccc1N(C)c1cccc2ccccc12. The maximum absolute atomic E-state index is 12.9. The molecular weight excluding hydrogens is 308 g/mol. The minimum Gasteiger partial charge on any atom is -0.343 e. The zero-order valence-corrected chi connectivity index (χ0v) is 15.1. The van der Waals surface area contributed by atoms with Gasteiger partial charge in [0.1, 0.15) is 0 Å². The molecule has 0 radical (unpaired) electrons. The molecule has 0 aliphatic rings. The highest BCUT2D eigenvalue weighted by atomic mass is 16.2. The highest BCUT2D eigenvalue weighted by Gasteiger charge is 2.19. The number of fused-ring (bicyclic) bond motifs is 1. The van der Waals surface area contributed by atoms with Crippen LogP contribution in [0.15, 0.2) is 66.7 Å². The summed E-state index contributed by atoms with van der Waals surface area (Å²) in [4.78, 5) is 16.9. The smallest absolute Gasteiger partial charge is 0.255 e. The number of hydrogen-bond acceptors (Lipinski definition) is 2. The molecule has 25 heavy (non-hydrogen) atoms. The number of benzene rings is 3. The summed E-state index contributed by atoms with van der Waals surface area (Å²) in [7, 11) is 2.02. The van der Waals surface area contributed by atoms with E-state index in [1.54, 1.807) is 0 Å². The summed E-state index contributed by atoms with van der Waals surface area (Å²) >= 11 is 0. The Morgan fingerprint density at radius 3 is 2.16 bits per heavy atom. The Balaban J connectivity index is 2.09. The van der Waals surface area contributed by atoms with E-state index >= 15 is 0 Å². The Hall–Kier alpha value is -2.81. The van der Waals surface area contributed by atoms with Crippen LogP contribution in [0.2, 0.25) is 0 Å². The number of nitrogens with zero attached hydrogens (tertiary/aromatic N) is 2. The quantitative estimate of drug-likeness (QED) is 0.650. The van der Waals surface area contributed by atoms with Crippen molar-refractivity contribution in [2.24, 2.45) is 0 Å². The summed E-state index contributed by atoms with van der Waals surface area (Å²) < 4.78 is 0. The van der Waals surface area contributed by atoms with Crippen LogP contribution in [0.1, 0.15) is 24.2 Å². The number of amides is 1. The molecule has 0 unspecified atom stereocenters. The molecule has 3 nitrogen and oxygen atoms in total. The summed E-state index contributed by atoms with van der Waals surface area (Å²) in [5.74, 6) is 0.0766. The van der Waals surface area contributed by atoms with E-state index in [4.69, 9.17) is 0 Å². The van der Waals surface area contributed by atoms with Crippen molar-refractivity contribution in [2.75, 3.05) is 25.0 Å². The molecule has 0 atom stereocenters. The van der Waals surface area contributed by atoms with E-state index < -0.39 is 0 Å². The van der Waals surface area contributed by atoms with E-state index in [9.17, 15) is 4.79 Å². The molecule has 0 aromatic heterocycles. The molecule has 3 aromatic rings. The second kappa shape index (κ2) is 7.39. The number of rotatable bonds is 5. The van der Waals surface area contributed by atoms with Crippen LogP contribution >= 0.6 is 0 Å². The minimum absolute atomic E-state index is 0.0766. The van der Waals surface area contributed by atoms with Gasteiger partial charge < -0.3 is 9.80 Å². The van der Waals surface area contributed by atoms with E-state index in [2.05, 4.69) is 35.2 Å². The van der Waals surface area contributed by atoms with Gasteiger partial charge in [-0.2, -0.15) is 0 Å². The number of carbonyl (C=O) groups excluding carboxylic acids is 1. The van der Waals surface area contributed by atoms with Gasteiger partial charge in [0.2, 0.25) is 0 Å². The fourth-order valence-electron chi connectivity index (χ4n) is 3.26. The van der Waals surface area contributed by atoms with Gasteiger partial charge in [0.25, 0.3) is 5.91 Å². The van der Waals surface area contributed by atoms with E-state index in [1.165, 1.54) is 10.8 Å². The monoisotopic (exact) mass is 332 g/mol. The van der Waals surface area contributed by atoms with Gasteiger partial charge in [-0.15, -0.1) is 0 Å². The first-order valence-corrected chi connectivity index (χ1v) is 8.77. The minimum atomic E-state index is 0.0766. The van der Waals surface area contributed by atoms with Gasteiger partial charge in [0, 0.05) is 31.2 Å². The third-order valence-electron chi connectivity index (χ3n) is 4.67. The second-order valence-corrected chi connectivity index (χ2v) is 6.05. The highest BCUT2D eigenvalue weighted by molar-refractivity contribution is 6.03. The molecular formula is C22H24N2O.